The second kappa shape index (κ2) is 6.22. The molecule has 2 nitrogen and oxygen atoms in total. The van der Waals surface area contributed by atoms with Gasteiger partial charge in [-0.2, -0.15) is 0 Å². The van der Waals surface area contributed by atoms with Crippen LogP contribution < -0.4 is 4.74 Å². The van der Waals surface area contributed by atoms with Crippen LogP contribution in [0.15, 0.2) is 36.4 Å². The lowest BCUT2D eigenvalue weighted by Gasteiger charge is -2.15. The van der Waals surface area contributed by atoms with Crippen molar-refractivity contribution in [1.29, 1.82) is 0 Å². The van der Waals surface area contributed by atoms with Gasteiger partial charge in [-0.1, -0.05) is 17.7 Å². The van der Waals surface area contributed by atoms with Crippen LogP contribution in [-0.4, -0.2) is 11.9 Å². The Bertz CT molecular complexity index is 686. The van der Waals surface area contributed by atoms with E-state index in [1.54, 1.807) is 18.2 Å². The van der Waals surface area contributed by atoms with Gasteiger partial charge in [-0.25, -0.2) is 8.78 Å². The number of halogens is 3. The molecule has 0 aliphatic rings. The van der Waals surface area contributed by atoms with Gasteiger partial charge in [-0.05, 0) is 43.7 Å². The van der Waals surface area contributed by atoms with Crippen molar-refractivity contribution >= 4 is 17.4 Å². The van der Waals surface area contributed by atoms with Gasteiger partial charge in [0.15, 0.2) is 6.10 Å². The molecule has 0 saturated heterocycles. The summed E-state index contributed by atoms with van der Waals surface area (Å²) < 4.78 is 31.9. The zero-order chi connectivity index (χ0) is 15.6. The summed E-state index contributed by atoms with van der Waals surface area (Å²) in [4.78, 5) is 12.1. The Morgan fingerprint density at radius 1 is 1.19 bits per heavy atom. The van der Waals surface area contributed by atoms with Crippen LogP contribution in [0.1, 0.15) is 22.8 Å². The molecule has 0 radical (unpaired) electrons. The minimum Gasteiger partial charge on any atom is -0.481 e. The van der Waals surface area contributed by atoms with Crippen LogP contribution in [0.5, 0.6) is 5.75 Å². The summed E-state index contributed by atoms with van der Waals surface area (Å²) in [6.07, 6.45) is -0.940. The maximum Gasteiger partial charge on any atom is 0.205 e. The molecule has 0 aliphatic carbocycles. The summed E-state index contributed by atoms with van der Waals surface area (Å²) >= 11 is 5.98. The first kappa shape index (κ1) is 15.4. The van der Waals surface area contributed by atoms with Crippen molar-refractivity contribution < 1.29 is 18.3 Å². The second-order valence-corrected chi connectivity index (χ2v) is 5.09. The Balaban J connectivity index is 2.21. The van der Waals surface area contributed by atoms with Gasteiger partial charge in [0.05, 0.1) is 10.6 Å². The Hall–Kier alpha value is -1.94. The number of aryl methyl sites for hydroxylation is 1. The molecule has 0 N–H and O–H groups in total. The molecule has 0 fully saturated rings. The molecule has 110 valence electrons. The standard InChI is InChI=1S/C16H13ClF2O2/c1-9-3-6-13(17)15(7-9)21-10(2)16(20)12-5-4-11(18)8-14(12)19/h3-8,10H,1-2H3. The average Bonchev–Trinajstić information content (AvgIpc) is 2.42. The zero-order valence-electron chi connectivity index (χ0n) is 11.5. The highest BCUT2D eigenvalue weighted by molar-refractivity contribution is 6.32. The SMILES string of the molecule is Cc1ccc(Cl)c(OC(C)C(=O)c2ccc(F)cc2F)c1. The summed E-state index contributed by atoms with van der Waals surface area (Å²) in [5.74, 6) is -1.88. The van der Waals surface area contributed by atoms with Gasteiger partial charge in [-0.3, -0.25) is 4.79 Å². The molecule has 5 heteroatoms. The molecule has 0 spiro atoms. The van der Waals surface area contributed by atoms with E-state index in [-0.39, 0.29) is 5.56 Å². The van der Waals surface area contributed by atoms with Crippen LogP contribution >= 0.6 is 11.6 Å². The van der Waals surface area contributed by atoms with E-state index in [0.717, 1.165) is 17.7 Å². The molecule has 21 heavy (non-hydrogen) atoms. The van der Waals surface area contributed by atoms with E-state index >= 15 is 0 Å². The van der Waals surface area contributed by atoms with Crippen molar-refractivity contribution in [3.05, 3.63) is 64.2 Å². The van der Waals surface area contributed by atoms with Crippen molar-refractivity contribution in [1.82, 2.24) is 0 Å². The molecule has 0 aliphatic heterocycles. The molecule has 2 rings (SSSR count). The van der Waals surface area contributed by atoms with Crippen molar-refractivity contribution in [2.24, 2.45) is 0 Å². The van der Waals surface area contributed by atoms with E-state index in [1.807, 2.05) is 6.92 Å². The Morgan fingerprint density at radius 2 is 1.90 bits per heavy atom. The van der Waals surface area contributed by atoms with Crippen molar-refractivity contribution in [2.45, 2.75) is 20.0 Å². The fourth-order valence-corrected chi connectivity index (χ4v) is 2.02. The quantitative estimate of drug-likeness (QED) is 0.773. The van der Waals surface area contributed by atoms with Gasteiger partial charge >= 0.3 is 0 Å². The minimum absolute atomic E-state index is 0.215. The third kappa shape index (κ3) is 3.58. The summed E-state index contributed by atoms with van der Waals surface area (Å²) in [7, 11) is 0. The molecule has 2 aromatic carbocycles. The molecule has 1 atom stereocenters. The fourth-order valence-electron chi connectivity index (χ4n) is 1.85. The number of ether oxygens (including phenoxy) is 1. The predicted octanol–water partition coefficient (Wildman–Crippen LogP) is 4.58. The molecule has 0 aromatic heterocycles. The van der Waals surface area contributed by atoms with Crippen molar-refractivity contribution in [3.8, 4) is 5.75 Å². The van der Waals surface area contributed by atoms with Crippen LogP contribution in [0, 0.1) is 18.6 Å². The third-order valence-electron chi connectivity index (χ3n) is 2.96. The first-order valence-corrected chi connectivity index (χ1v) is 6.68. The van der Waals surface area contributed by atoms with E-state index in [0.29, 0.717) is 16.8 Å². The van der Waals surface area contributed by atoms with E-state index in [4.69, 9.17) is 16.3 Å². The number of benzene rings is 2. The Labute approximate surface area is 126 Å². The highest BCUT2D eigenvalue weighted by Crippen LogP contribution is 2.27. The highest BCUT2D eigenvalue weighted by Gasteiger charge is 2.21. The Morgan fingerprint density at radius 3 is 2.57 bits per heavy atom. The number of carbonyl (C=O) groups excluding carboxylic acids is 1. The zero-order valence-corrected chi connectivity index (χ0v) is 12.2. The van der Waals surface area contributed by atoms with Gasteiger partial charge in [0.25, 0.3) is 0 Å². The minimum atomic E-state index is -0.940. The van der Waals surface area contributed by atoms with Gasteiger partial charge in [0.1, 0.15) is 17.4 Å². The van der Waals surface area contributed by atoms with Gasteiger partial charge < -0.3 is 4.74 Å². The van der Waals surface area contributed by atoms with E-state index in [9.17, 15) is 13.6 Å². The molecule has 0 amide bonds. The number of ketones is 1. The molecule has 0 heterocycles. The molecule has 0 bridgehead atoms. The maximum atomic E-state index is 13.6. The summed E-state index contributed by atoms with van der Waals surface area (Å²) in [5, 5.41) is 0.361. The monoisotopic (exact) mass is 310 g/mol. The lowest BCUT2D eigenvalue weighted by atomic mass is 10.1. The number of hydrogen-bond donors (Lipinski definition) is 0. The smallest absolute Gasteiger partial charge is 0.205 e. The van der Waals surface area contributed by atoms with Crippen LogP contribution in [0.25, 0.3) is 0 Å². The van der Waals surface area contributed by atoms with Crippen LogP contribution in [-0.2, 0) is 0 Å². The summed E-state index contributed by atoms with van der Waals surface area (Å²) in [6, 6.07) is 7.95. The first-order chi connectivity index (χ1) is 9.88. The van der Waals surface area contributed by atoms with E-state index in [2.05, 4.69) is 0 Å². The normalized spacial score (nSPS) is 12.0. The van der Waals surface area contributed by atoms with Gasteiger partial charge in [-0.15, -0.1) is 0 Å². The topological polar surface area (TPSA) is 26.3 Å². The predicted molar refractivity (Wildman–Crippen MR) is 77.0 cm³/mol. The lowest BCUT2D eigenvalue weighted by Crippen LogP contribution is -2.25. The summed E-state index contributed by atoms with van der Waals surface area (Å²) in [6.45, 7) is 3.35. The van der Waals surface area contributed by atoms with Crippen LogP contribution in [0.4, 0.5) is 8.78 Å². The highest BCUT2D eigenvalue weighted by atomic mass is 35.5. The fraction of sp³-hybridized carbons (Fsp3) is 0.188. The Kier molecular flexibility index (Phi) is 4.58. The number of Topliss-reactive ketones (excluding diaryl/α,β-unsaturated/α-hetero) is 1. The number of carbonyl (C=O) groups is 1. The van der Waals surface area contributed by atoms with Gasteiger partial charge in [0, 0.05) is 6.07 Å². The first-order valence-electron chi connectivity index (χ1n) is 6.30. The number of hydrogen-bond acceptors (Lipinski definition) is 2. The van der Waals surface area contributed by atoms with Crippen molar-refractivity contribution in [3.63, 3.8) is 0 Å². The van der Waals surface area contributed by atoms with E-state index < -0.39 is 23.5 Å². The lowest BCUT2D eigenvalue weighted by molar-refractivity contribution is 0.0813. The van der Waals surface area contributed by atoms with Crippen LogP contribution in [0.3, 0.4) is 0 Å². The third-order valence-corrected chi connectivity index (χ3v) is 3.27. The van der Waals surface area contributed by atoms with Crippen LogP contribution in [0.2, 0.25) is 5.02 Å². The largest absolute Gasteiger partial charge is 0.481 e. The molecule has 2 aromatic rings. The van der Waals surface area contributed by atoms with Crippen molar-refractivity contribution in [2.75, 3.05) is 0 Å². The molecule has 1 unspecified atom stereocenters. The maximum absolute atomic E-state index is 13.6. The van der Waals surface area contributed by atoms with Gasteiger partial charge in [0.2, 0.25) is 5.78 Å². The second-order valence-electron chi connectivity index (χ2n) is 4.68. The average molecular weight is 311 g/mol. The van der Waals surface area contributed by atoms with E-state index in [1.165, 1.54) is 6.92 Å². The molecular weight excluding hydrogens is 298 g/mol. The molecule has 0 saturated carbocycles. The molecular formula is C16H13ClF2O2. The summed E-state index contributed by atoms with van der Waals surface area (Å²) in [5.41, 5.74) is 0.703. The number of rotatable bonds is 4.